The molecule has 0 atom stereocenters. The van der Waals surface area contributed by atoms with Crippen LogP contribution in [-0.2, 0) is 66.6 Å². The van der Waals surface area contributed by atoms with Crippen LogP contribution in [0.15, 0.2) is 106 Å². The SMILES string of the molecule is CC(/C=C(/C)[N-]c1c(C(C)C)cccc1C(C)C)=Nc1c(C(C)C)cccc1C(C)C.CC(/C=C(/C)[N-]c1c(C(C)C)cccc1C(C)C)=Nc1c(C(C)C)cccc1C(C)C.[Hg+].[Zn].[Zn]. The summed E-state index contributed by atoms with van der Waals surface area (Å²) in [6.45, 7) is 44.1. The first-order chi connectivity index (χ1) is 29.0. The summed E-state index contributed by atoms with van der Waals surface area (Å²) in [4.78, 5) is 10.2. The van der Waals surface area contributed by atoms with E-state index >= 15 is 0 Å². The van der Waals surface area contributed by atoms with Gasteiger partial charge in [-0.05, 0) is 83.4 Å². The molecule has 0 bridgehead atoms. The first kappa shape index (κ1) is 62.5. The largest absolute Gasteiger partial charge is 1.00 e. The minimum atomic E-state index is 0. The van der Waals surface area contributed by atoms with Crippen molar-refractivity contribution in [1.82, 2.24) is 0 Å². The molecule has 0 aliphatic rings. The van der Waals surface area contributed by atoms with Gasteiger partial charge < -0.3 is 10.6 Å². The molecule has 0 aromatic heterocycles. The molecule has 4 rings (SSSR count). The Labute approximate surface area is 444 Å². The molecule has 0 spiro atoms. The Bertz CT molecular complexity index is 1960. The number of hydrogen-bond acceptors (Lipinski definition) is 2. The van der Waals surface area contributed by atoms with Crippen molar-refractivity contribution in [2.24, 2.45) is 9.98 Å². The minimum Gasteiger partial charge on any atom is -0.661 e. The maximum atomic E-state index is 5.08. The van der Waals surface area contributed by atoms with Gasteiger partial charge in [0, 0.05) is 50.4 Å². The van der Waals surface area contributed by atoms with Crippen molar-refractivity contribution in [1.29, 1.82) is 0 Å². The van der Waals surface area contributed by atoms with Crippen LogP contribution in [0.4, 0.5) is 22.7 Å². The molecule has 1 radical (unpaired) electrons. The van der Waals surface area contributed by atoms with E-state index in [1.54, 1.807) is 0 Å². The van der Waals surface area contributed by atoms with Crippen molar-refractivity contribution in [3.05, 3.63) is 151 Å². The molecule has 7 heteroatoms. The molecular formula is C58H82HgN4Zn2-. The molecule has 0 amide bonds. The van der Waals surface area contributed by atoms with E-state index in [1.807, 2.05) is 0 Å². The van der Waals surface area contributed by atoms with Gasteiger partial charge in [0.05, 0.1) is 11.4 Å². The number of nitrogens with zero attached hydrogens (tertiary/aromatic N) is 4. The first-order valence-corrected chi connectivity index (χ1v) is 23.5. The Kier molecular flexibility index (Phi) is 28.2. The zero-order valence-corrected chi connectivity index (χ0v) is 56.0. The quantitative estimate of drug-likeness (QED) is 0.0793. The van der Waals surface area contributed by atoms with E-state index < -0.39 is 0 Å². The predicted octanol–water partition coefficient (Wildman–Crippen LogP) is 19.8. The van der Waals surface area contributed by atoms with Gasteiger partial charge in [0.15, 0.2) is 0 Å². The first-order valence-electron chi connectivity index (χ1n) is 23.5. The molecule has 4 aromatic rings. The Balaban J connectivity index is 0.00000120. The summed E-state index contributed by atoms with van der Waals surface area (Å²) in [5, 5.41) is 10.2. The van der Waals surface area contributed by atoms with Gasteiger partial charge in [0.2, 0.25) is 0 Å². The van der Waals surface area contributed by atoms with Crippen molar-refractivity contribution >= 4 is 34.2 Å². The molecule has 0 unspecified atom stereocenters. The predicted molar refractivity (Wildman–Crippen MR) is 278 cm³/mol. The van der Waals surface area contributed by atoms with Crippen molar-refractivity contribution in [3.63, 3.8) is 0 Å². The summed E-state index contributed by atoms with van der Waals surface area (Å²) in [6, 6.07) is 26.3. The number of allylic oxidation sites excluding steroid dienone is 4. The molecule has 0 aliphatic carbocycles. The fourth-order valence-corrected chi connectivity index (χ4v) is 8.00. The van der Waals surface area contributed by atoms with Crippen LogP contribution in [0.5, 0.6) is 0 Å². The summed E-state index contributed by atoms with van der Waals surface area (Å²) in [6.07, 6.45) is 4.23. The van der Waals surface area contributed by atoms with E-state index in [0.717, 1.165) is 45.6 Å². The van der Waals surface area contributed by atoms with Crippen molar-refractivity contribution in [2.45, 2.75) is 186 Å². The van der Waals surface area contributed by atoms with Crippen LogP contribution in [0.2, 0.25) is 0 Å². The van der Waals surface area contributed by atoms with Crippen LogP contribution in [0.3, 0.4) is 0 Å². The summed E-state index contributed by atoms with van der Waals surface area (Å²) < 4.78 is 0. The van der Waals surface area contributed by atoms with Gasteiger partial charge in [-0.25, -0.2) is 0 Å². The fraction of sp³-hybridized carbons (Fsp3) is 0.483. The standard InChI is InChI=1S/2C29H41N2.Hg.2Zn/c2*1-18(2)24-13-11-14-25(19(3)4)28(24)30-22(9)17-23(10)31-29-26(20(5)6)15-12-16-27(29)21(7)8;;;/h2*11-21H,1-10H3;;;/q2*-1;+1;;/b2*22-17-,31-23?;;;. The molecule has 0 N–H and O–H groups in total. The Hall–Kier alpha value is -2.52. The van der Waals surface area contributed by atoms with E-state index in [9.17, 15) is 0 Å². The second kappa shape index (κ2) is 29.4. The Morgan fingerprint density at radius 1 is 0.354 bits per heavy atom. The van der Waals surface area contributed by atoms with E-state index in [-0.39, 0.29) is 66.6 Å². The van der Waals surface area contributed by atoms with Crippen LogP contribution in [-0.4, -0.2) is 11.4 Å². The van der Waals surface area contributed by atoms with Crippen molar-refractivity contribution in [3.8, 4) is 0 Å². The summed E-state index contributed by atoms with van der Waals surface area (Å²) >= 11 is 0. The third-order valence-corrected chi connectivity index (χ3v) is 11.4. The molecule has 0 heterocycles. The molecular weight excluding hydrogens is 1080 g/mol. The van der Waals surface area contributed by atoms with Gasteiger partial charge >= 0.3 is 27.7 Å². The molecule has 0 saturated carbocycles. The maximum absolute atomic E-state index is 5.08. The van der Waals surface area contributed by atoms with E-state index in [0.29, 0.717) is 47.3 Å². The van der Waals surface area contributed by atoms with Crippen LogP contribution < -0.4 is 0 Å². The summed E-state index contributed by atoms with van der Waals surface area (Å²) in [5.41, 5.74) is 18.9. The Morgan fingerprint density at radius 2 is 0.538 bits per heavy atom. The summed E-state index contributed by atoms with van der Waals surface area (Å²) in [7, 11) is 0. The average Bonchev–Trinajstić information content (AvgIpc) is 3.17. The van der Waals surface area contributed by atoms with Crippen LogP contribution in [0.1, 0.15) is 230 Å². The molecule has 341 valence electrons. The normalized spacial score (nSPS) is 12.5. The molecule has 0 saturated heterocycles. The third kappa shape index (κ3) is 18.1. The van der Waals surface area contributed by atoms with Crippen LogP contribution in [0, 0.1) is 0 Å². The number of rotatable bonds is 16. The van der Waals surface area contributed by atoms with Crippen LogP contribution in [0.25, 0.3) is 10.6 Å². The summed E-state index contributed by atoms with van der Waals surface area (Å²) in [5.74, 6) is 3.49. The molecule has 65 heavy (non-hydrogen) atoms. The number of aliphatic imine (C=N–C) groups is 2. The topological polar surface area (TPSA) is 52.9 Å². The second-order valence-corrected chi connectivity index (χ2v) is 19.7. The molecule has 0 aliphatic heterocycles. The molecule has 4 nitrogen and oxygen atoms in total. The third-order valence-electron chi connectivity index (χ3n) is 11.4. The van der Waals surface area contributed by atoms with Gasteiger partial charge in [0.1, 0.15) is 0 Å². The van der Waals surface area contributed by atoms with Gasteiger partial charge in [-0.2, -0.15) is 11.4 Å². The van der Waals surface area contributed by atoms with E-state index in [1.165, 1.54) is 44.5 Å². The van der Waals surface area contributed by atoms with Gasteiger partial charge in [-0.15, -0.1) is 11.4 Å². The fourth-order valence-electron chi connectivity index (χ4n) is 8.00. The van der Waals surface area contributed by atoms with E-state index in [4.69, 9.17) is 20.6 Å². The number of hydrogen-bond donors (Lipinski definition) is 0. The van der Waals surface area contributed by atoms with Gasteiger partial charge in [0.25, 0.3) is 0 Å². The maximum Gasteiger partial charge on any atom is 1.00 e. The van der Waals surface area contributed by atoms with Crippen molar-refractivity contribution < 1.29 is 66.6 Å². The van der Waals surface area contributed by atoms with Gasteiger partial charge in [-0.3, -0.25) is 9.98 Å². The smallest absolute Gasteiger partial charge is 0.661 e. The van der Waals surface area contributed by atoms with Crippen LogP contribution >= 0.6 is 0 Å². The zero-order chi connectivity index (χ0) is 46.6. The Morgan fingerprint density at radius 3 is 0.723 bits per heavy atom. The minimum absolute atomic E-state index is 0. The molecule has 0 fully saturated rings. The number of para-hydroxylation sites is 4. The van der Waals surface area contributed by atoms with Gasteiger partial charge in [-0.1, -0.05) is 232 Å². The molecule has 4 aromatic carbocycles. The number of benzene rings is 4. The average molecular weight is 1170 g/mol. The van der Waals surface area contributed by atoms with E-state index in [2.05, 4.69) is 223 Å². The van der Waals surface area contributed by atoms with Crippen molar-refractivity contribution in [2.75, 3.05) is 0 Å². The zero-order valence-electron chi connectivity index (χ0n) is 44.6. The second-order valence-electron chi connectivity index (χ2n) is 19.7. The monoisotopic (exact) mass is 1160 g/mol.